The molecule has 0 fully saturated rings. The van der Waals surface area contributed by atoms with Gasteiger partial charge in [0.1, 0.15) is 17.2 Å². The molecule has 23 heavy (non-hydrogen) atoms. The summed E-state index contributed by atoms with van der Waals surface area (Å²) in [5.41, 5.74) is 1.23. The molecule has 0 spiro atoms. The lowest BCUT2D eigenvalue weighted by Gasteiger charge is -2.25. The van der Waals surface area contributed by atoms with Crippen molar-refractivity contribution in [2.45, 2.75) is 39.7 Å². The van der Waals surface area contributed by atoms with Gasteiger partial charge in [-0.3, -0.25) is 9.78 Å². The van der Waals surface area contributed by atoms with E-state index in [9.17, 15) is 9.90 Å². The average Bonchev–Trinajstić information content (AvgIpc) is 2.94. The number of oxazole rings is 1. The first-order valence-corrected chi connectivity index (χ1v) is 7.93. The van der Waals surface area contributed by atoms with Crippen LogP contribution in [-0.4, -0.2) is 32.4 Å². The van der Waals surface area contributed by atoms with Crippen LogP contribution in [0.2, 0.25) is 0 Å². The Labute approximate surface area is 135 Å². The van der Waals surface area contributed by atoms with E-state index in [1.165, 1.54) is 18.5 Å². The summed E-state index contributed by atoms with van der Waals surface area (Å²) in [5, 5.41) is 9.46. The zero-order valence-electron chi connectivity index (χ0n) is 13.5. The fraction of sp³-hybridized carbons (Fsp3) is 0.471. The lowest BCUT2D eigenvalue weighted by molar-refractivity contribution is 0.0727. The molecule has 0 radical (unpaired) electrons. The van der Waals surface area contributed by atoms with E-state index in [2.05, 4.69) is 23.8 Å². The van der Waals surface area contributed by atoms with E-state index in [1.807, 2.05) is 0 Å². The number of hydrogen-bond acceptors (Lipinski definition) is 5. The van der Waals surface area contributed by atoms with Crippen LogP contribution in [0.15, 0.2) is 22.9 Å². The predicted octanol–water partition coefficient (Wildman–Crippen LogP) is 2.56. The van der Waals surface area contributed by atoms with Gasteiger partial charge in [-0.1, -0.05) is 13.8 Å². The van der Waals surface area contributed by atoms with Crippen LogP contribution in [0.4, 0.5) is 0 Å². The Morgan fingerprint density at radius 2 is 2.26 bits per heavy atom. The molecule has 0 saturated heterocycles. The summed E-state index contributed by atoms with van der Waals surface area (Å²) in [7, 11) is 0. The summed E-state index contributed by atoms with van der Waals surface area (Å²) in [6.45, 7) is 5.37. The zero-order chi connectivity index (χ0) is 16.4. The molecule has 6 nitrogen and oxygen atoms in total. The first kappa shape index (κ1) is 15.5. The monoisotopic (exact) mass is 315 g/mol. The van der Waals surface area contributed by atoms with Gasteiger partial charge in [0.15, 0.2) is 5.89 Å². The Hall–Kier alpha value is -2.37. The molecule has 3 rings (SSSR count). The summed E-state index contributed by atoms with van der Waals surface area (Å²) >= 11 is 0. The highest BCUT2D eigenvalue weighted by atomic mass is 16.4. The van der Waals surface area contributed by atoms with Gasteiger partial charge in [0.05, 0.1) is 18.3 Å². The third-order valence-electron chi connectivity index (χ3n) is 3.97. The highest BCUT2D eigenvalue weighted by Gasteiger charge is 2.26. The number of nitrogens with zero attached hydrogens (tertiary/aromatic N) is 3. The molecule has 0 saturated carbocycles. The summed E-state index contributed by atoms with van der Waals surface area (Å²) in [5.74, 6) is 2.10. The molecule has 1 aliphatic rings. The van der Waals surface area contributed by atoms with Crippen molar-refractivity contribution < 1.29 is 14.3 Å². The number of hydrogen-bond donors (Lipinski definition) is 1. The quantitative estimate of drug-likeness (QED) is 0.938. The van der Waals surface area contributed by atoms with Crippen molar-refractivity contribution in [3.63, 3.8) is 0 Å². The van der Waals surface area contributed by atoms with Gasteiger partial charge in [-0.05, 0) is 18.4 Å². The lowest BCUT2D eigenvalue weighted by Crippen LogP contribution is -2.35. The van der Waals surface area contributed by atoms with E-state index < -0.39 is 0 Å². The number of aromatic hydroxyl groups is 1. The number of pyridine rings is 1. The van der Waals surface area contributed by atoms with Crippen LogP contribution in [0, 0.1) is 5.92 Å². The number of aromatic nitrogens is 2. The van der Waals surface area contributed by atoms with E-state index in [-0.39, 0.29) is 11.7 Å². The van der Waals surface area contributed by atoms with Crippen molar-refractivity contribution in [1.82, 2.24) is 14.9 Å². The maximum absolute atomic E-state index is 12.5. The third kappa shape index (κ3) is 3.52. The number of carbonyl (C=O) groups is 1. The second-order valence-corrected chi connectivity index (χ2v) is 6.32. The van der Waals surface area contributed by atoms with Crippen molar-refractivity contribution >= 4 is 5.91 Å². The van der Waals surface area contributed by atoms with Crippen molar-refractivity contribution in [3.8, 4) is 5.75 Å². The van der Waals surface area contributed by atoms with Gasteiger partial charge >= 0.3 is 0 Å². The molecule has 0 atom stereocenters. The standard InChI is InChI=1S/C17H21N3O3/c1-11(2)3-4-16-19-14-10-20(6-5-15(14)23-16)17(22)12-7-13(21)9-18-8-12/h7-9,11,21H,3-6,10H2,1-2H3. The number of rotatable bonds is 4. The smallest absolute Gasteiger partial charge is 0.255 e. The first-order chi connectivity index (χ1) is 11.0. The molecule has 122 valence electrons. The molecular weight excluding hydrogens is 294 g/mol. The maximum atomic E-state index is 12.5. The molecule has 0 aromatic carbocycles. The second kappa shape index (κ2) is 6.40. The first-order valence-electron chi connectivity index (χ1n) is 7.93. The molecular formula is C17H21N3O3. The van der Waals surface area contributed by atoms with Gasteiger partial charge in [-0.15, -0.1) is 0 Å². The van der Waals surface area contributed by atoms with Gasteiger partial charge in [0.25, 0.3) is 5.91 Å². The molecule has 0 aliphatic carbocycles. The lowest BCUT2D eigenvalue weighted by atomic mass is 10.1. The molecule has 1 N–H and O–H groups in total. The molecule has 1 amide bonds. The second-order valence-electron chi connectivity index (χ2n) is 6.32. The maximum Gasteiger partial charge on any atom is 0.255 e. The minimum atomic E-state index is -0.147. The van der Waals surface area contributed by atoms with Crippen molar-refractivity contribution in [2.75, 3.05) is 6.54 Å². The molecule has 0 unspecified atom stereocenters. The minimum Gasteiger partial charge on any atom is -0.506 e. The van der Waals surface area contributed by atoms with Crippen LogP contribution in [0.5, 0.6) is 5.75 Å². The fourth-order valence-electron chi connectivity index (χ4n) is 2.67. The van der Waals surface area contributed by atoms with Gasteiger partial charge in [-0.2, -0.15) is 0 Å². The third-order valence-corrected chi connectivity index (χ3v) is 3.97. The number of amides is 1. The Morgan fingerprint density at radius 1 is 1.43 bits per heavy atom. The Kier molecular flexibility index (Phi) is 4.32. The zero-order valence-corrected chi connectivity index (χ0v) is 13.5. The van der Waals surface area contributed by atoms with Crippen molar-refractivity contribution in [2.24, 2.45) is 5.92 Å². The van der Waals surface area contributed by atoms with Crippen molar-refractivity contribution in [1.29, 1.82) is 0 Å². The Bertz CT molecular complexity index is 709. The summed E-state index contributed by atoms with van der Waals surface area (Å²) < 4.78 is 5.81. The Morgan fingerprint density at radius 3 is 3.00 bits per heavy atom. The molecule has 0 bridgehead atoms. The number of fused-ring (bicyclic) bond motifs is 1. The Balaban J connectivity index is 1.71. The van der Waals surface area contributed by atoms with Gasteiger partial charge in [-0.25, -0.2) is 4.98 Å². The number of aryl methyl sites for hydroxylation is 1. The van der Waals surface area contributed by atoms with E-state index in [4.69, 9.17) is 4.42 Å². The van der Waals surface area contributed by atoms with E-state index in [1.54, 1.807) is 4.90 Å². The van der Waals surface area contributed by atoms with Crippen LogP contribution in [0.25, 0.3) is 0 Å². The highest BCUT2D eigenvalue weighted by Crippen LogP contribution is 2.23. The van der Waals surface area contributed by atoms with Crippen LogP contribution in [0.3, 0.4) is 0 Å². The van der Waals surface area contributed by atoms with Crippen LogP contribution < -0.4 is 0 Å². The summed E-state index contributed by atoms with van der Waals surface area (Å²) in [4.78, 5) is 22.6. The molecule has 2 aromatic heterocycles. The van der Waals surface area contributed by atoms with E-state index >= 15 is 0 Å². The minimum absolute atomic E-state index is 0.00837. The largest absolute Gasteiger partial charge is 0.506 e. The SMILES string of the molecule is CC(C)CCc1nc2c(o1)CCN(C(=O)c1cncc(O)c1)C2. The normalized spacial score (nSPS) is 14.1. The van der Waals surface area contributed by atoms with Crippen LogP contribution in [-0.2, 0) is 19.4 Å². The topological polar surface area (TPSA) is 79.5 Å². The van der Waals surface area contributed by atoms with Gasteiger partial charge in [0.2, 0.25) is 0 Å². The number of carbonyl (C=O) groups excluding carboxylic acids is 1. The summed E-state index contributed by atoms with van der Waals surface area (Å²) in [6.07, 6.45) is 5.31. The van der Waals surface area contributed by atoms with E-state index in [0.717, 1.165) is 30.2 Å². The highest BCUT2D eigenvalue weighted by molar-refractivity contribution is 5.94. The van der Waals surface area contributed by atoms with Crippen LogP contribution >= 0.6 is 0 Å². The molecule has 3 heterocycles. The van der Waals surface area contributed by atoms with Gasteiger partial charge < -0.3 is 14.4 Å². The fourth-order valence-corrected chi connectivity index (χ4v) is 2.67. The van der Waals surface area contributed by atoms with Crippen LogP contribution in [0.1, 0.15) is 48.0 Å². The summed E-state index contributed by atoms with van der Waals surface area (Å²) in [6, 6.07) is 1.43. The average molecular weight is 315 g/mol. The predicted molar refractivity (Wildman–Crippen MR) is 84.0 cm³/mol. The molecule has 6 heteroatoms. The molecule has 2 aromatic rings. The van der Waals surface area contributed by atoms with E-state index in [0.29, 0.717) is 31.0 Å². The van der Waals surface area contributed by atoms with Gasteiger partial charge in [0, 0.05) is 25.6 Å². The van der Waals surface area contributed by atoms with Crippen molar-refractivity contribution in [3.05, 3.63) is 41.4 Å². The molecule has 1 aliphatic heterocycles.